The molecule has 0 spiro atoms. The average Bonchev–Trinajstić information content (AvgIpc) is 2.38. The summed E-state index contributed by atoms with van der Waals surface area (Å²) in [6.45, 7) is 0.836. The van der Waals surface area contributed by atoms with Crippen LogP contribution in [0.4, 0.5) is 4.39 Å². The first-order valence-electron chi connectivity index (χ1n) is 7.59. The van der Waals surface area contributed by atoms with Crippen LogP contribution in [0.2, 0.25) is 0 Å². The molecule has 1 aromatic carbocycles. The van der Waals surface area contributed by atoms with Gasteiger partial charge in [-0.25, -0.2) is 4.39 Å². The van der Waals surface area contributed by atoms with Crippen LogP contribution in [-0.2, 0) is 5.41 Å². The molecule has 2 atom stereocenters. The molecule has 0 radical (unpaired) electrons. The van der Waals surface area contributed by atoms with Gasteiger partial charge in [-0.3, -0.25) is 0 Å². The molecule has 4 aliphatic carbocycles. The Morgan fingerprint density at radius 3 is 2.26 bits per heavy atom. The molecule has 19 heavy (non-hydrogen) atoms. The number of nitrogens with two attached hydrogens (primary N) is 1. The number of halogens is 1. The normalized spacial score (nSPS) is 43.7. The van der Waals surface area contributed by atoms with E-state index in [2.05, 4.69) is 0 Å². The summed E-state index contributed by atoms with van der Waals surface area (Å²) in [5.74, 6) is 1.59. The Balaban J connectivity index is 1.76. The first-order valence-corrected chi connectivity index (χ1v) is 7.59. The fraction of sp³-hybridized carbons (Fsp3) is 0.647. The monoisotopic (exact) mass is 259 g/mol. The highest BCUT2D eigenvalue weighted by molar-refractivity contribution is 5.30. The summed E-state index contributed by atoms with van der Waals surface area (Å²) in [5, 5.41) is 0. The molecule has 4 fully saturated rings. The van der Waals surface area contributed by atoms with E-state index in [4.69, 9.17) is 5.73 Å². The van der Waals surface area contributed by atoms with Crippen LogP contribution in [-0.4, -0.2) is 6.54 Å². The first-order chi connectivity index (χ1) is 9.13. The molecule has 102 valence electrons. The van der Waals surface area contributed by atoms with Gasteiger partial charge in [-0.15, -0.1) is 0 Å². The van der Waals surface area contributed by atoms with Gasteiger partial charge in [0, 0.05) is 0 Å². The van der Waals surface area contributed by atoms with Crippen molar-refractivity contribution in [2.45, 2.75) is 43.9 Å². The van der Waals surface area contributed by atoms with Gasteiger partial charge >= 0.3 is 0 Å². The zero-order valence-corrected chi connectivity index (χ0v) is 11.4. The lowest BCUT2D eigenvalue weighted by molar-refractivity contribution is -0.0667. The third-order valence-electron chi connectivity index (χ3n) is 6.07. The van der Waals surface area contributed by atoms with Gasteiger partial charge in [0.15, 0.2) is 0 Å². The zero-order chi connectivity index (χ0) is 13.1. The maximum Gasteiger partial charge on any atom is 0.123 e. The number of benzene rings is 1. The maximum atomic E-state index is 13.2. The highest BCUT2D eigenvalue weighted by atomic mass is 19.1. The van der Waals surface area contributed by atoms with Crippen LogP contribution in [0.25, 0.3) is 0 Å². The smallest absolute Gasteiger partial charge is 0.123 e. The van der Waals surface area contributed by atoms with Crippen molar-refractivity contribution in [1.29, 1.82) is 0 Å². The van der Waals surface area contributed by atoms with Crippen LogP contribution < -0.4 is 5.73 Å². The minimum atomic E-state index is -0.123. The summed E-state index contributed by atoms with van der Waals surface area (Å²) in [6.07, 6.45) is 7.92. The van der Waals surface area contributed by atoms with Crippen LogP contribution in [0.15, 0.2) is 24.3 Å². The van der Waals surface area contributed by atoms with E-state index in [0.29, 0.717) is 10.8 Å². The Morgan fingerprint density at radius 2 is 1.68 bits per heavy atom. The molecule has 1 aromatic rings. The van der Waals surface area contributed by atoms with Crippen LogP contribution >= 0.6 is 0 Å². The van der Waals surface area contributed by atoms with Crippen LogP contribution in [0.5, 0.6) is 0 Å². The topological polar surface area (TPSA) is 26.0 Å². The second-order valence-electron chi connectivity index (χ2n) is 7.45. The molecule has 4 saturated carbocycles. The lowest BCUT2D eigenvalue weighted by Crippen LogP contribution is -2.56. The third-order valence-corrected chi connectivity index (χ3v) is 6.07. The Bertz CT molecular complexity index is 478. The molecule has 2 heteroatoms. The minimum Gasteiger partial charge on any atom is -0.330 e. The predicted octanol–water partition coefficient (Wildman–Crippen LogP) is 3.62. The molecule has 2 N–H and O–H groups in total. The molecule has 2 unspecified atom stereocenters. The van der Waals surface area contributed by atoms with E-state index in [9.17, 15) is 4.39 Å². The summed E-state index contributed by atoms with van der Waals surface area (Å²) in [6, 6.07) is 7.30. The molecule has 0 heterocycles. The Hall–Kier alpha value is -0.890. The van der Waals surface area contributed by atoms with Crippen molar-refractivity contribution in [3.8, 4) is 0 Å². The van der Waals surface area contributed by atoms with E-state index < -0.39 is 0 Å². The quantitative estimate of drug-likeness (QED) is 0.862. The van der Waals surface area contributed by atoms with Gasteiger partial charge in [-0.1, -0.05) is 12.1 Å². The fourth-order valence-corrected chi connectivity index (χ4v) is 5.83. The third kappa shape index (κ3) is 1.69. The Labute approximate surface area is 114 Å². The molecular weight excluding hydrogens is 237 g/mol. The van der Waals surface area contributed by atoms with Gasteiger partial charge in [0.1, 0.15) is 5.82 Å². The summed E-state index contributed by atoms with van der Waals surface area (Å²) >= 11 is 0. The summed E-state index contributed by atoms with van der Waals surface area (Å²) in [4.78, 5) is 0. The SMILES string of the molecule is NCC12CC3CC(C1)CC(c1ccc(F)cc1)(C3)C2. The second kappa shape index (κ2) is 3.82. The fourth-order valence-electron chi connectivity index (χ4n) is 5.83. The molecule has 0 aromatic heterocycles. The van der Waals surface area contributed by atoms with E-state index >= 15 is 0 Å². The van der Waals surface area contributed by atoms with E-state index in [0.717, 1.165) is 18.4 Å². The van der Waals surface area contributed by atoms with Gasteiger partial charge < -0.3 is 5.73 Å². The summed E-state index contributed by atoms with van der Waals surface area (Å²) in [5.41, 5.74) is 8.18. The number of hydrogen-bond donors (Lipinski definition) is 1. The predicted molar refractivity (Wildman–Crippen MR) is 74.2 cm³/mol. The van der Waals surface area contributed by atoms with Crippen LogP contribution in [0.1, 0.15) is 44.1 Å². The maximum absolute atomic E-state index is 13.2. The molecule has 1 nitrogen and oxygen atoms in total. The highest BCUT2D eigenvalue weighted by Crippen LogP contribution is 2.65. The van der Waals surface area contributed by atoms with Crippen molar-refractivity contribution in [1.82, 2.24) is 0 Å². The number of hydrogen-bond acceptors (Lipinski definition) is 1. The van der Waals surface area contributed by atoms with Gasteiger partial charge in [-0.05, 0) is 85.4 Å². The largest absolute Gasteiger partial charge is 0.330 e. The molecule has 5 rings (SSSR count). The first kappa shape index (κ1) is 11.9. The van der Waals surface area contributed by atoms with E-state index in [1.54, 1.807) is 12.1 Å². The second-order valence-corrected chi connectivity index (χ2v) is 7.45. The van der Waals surface area contributed by atoms with Crippen molar-refractivity contribution in [2.75, 3.05) is 6.54 Å². The molecular formula is C17H22FN. The van der Waals surface area contributed by atoms with Crippen molar-refractivity contribution >= 4 is 0 Å². The van der Waals surface area contributed by atoms with Crippen LogP contribution in [0.3, 0.4) is 0 Å². The highest BCUT2D eigenvalue weighted by Gasteiger charge is 2.57. The van der Waals surface area contributed by atoms with Crippen LogP contribution in [0, 0.1) is 23.1 Å². The standard InChI is InChI=1S/C17H22FN/c18-15-3-1-14(2-4-15)17-8-12-5-13(9-17)7-16(6-12,10-17)11-19/h1-4,12-13H,5-11,19H2. The van der Waals surface area contributed by atoms with Crippen molar-refractivity contribution < 1.29 is 4.39 Å². The molecule has 0 amide bonds. The molecule has 0 aliphatic heterocycles. The minimum absolute atomic E-state index is 0.123. The van der Waals surface area contributed by atoms with E-state index in [-0.39, 0.29) is 5.82 Å². The van der Waals surface area contributed by atoms with Crippen molar-refractivity contribution in [2.24, 2.45) is 23.0 Å². The molecule has 4 aliphatic rings. The summed E-state index contributed by atoms with van der Waals surface area (Å²) in [7, 11) is 0. The van der Waals surface area contributed by atoms with Gasteiger partial charge in [-0.2, -0.15) is 0 Å². The lowest BCUT2D eigenvalue weighted by Gasteiger charge is -2.62. The Kier molecular flexibility index (Phi) is 2.39. The average molecular weight is 259 g/mol. The Morgan fingerprint density at radius 1 is 1.05 bits per heavy atom. The van der Waals surface area contributed by atoms with Gasteiger partial charge in [0.05, 0.1) is 0 Å². The summed E-state index contributed by atoms with van der Waals surface area (Å²) < 4.78 is 13.2. The number of rotatable bonds is 2. The lowest BCUT2D eigenvalue weighted by atomic mass is 9.43. The van der Waals surface area contributed by atoms with Gasteiger partial charge in [0.25, 0.3) is 0 Å². The van der Waals surface area contributed by atoms with E-state index in [1.807, 2.05) is 12.1 Å². The van der Waals surface area contributed by atoms with Gasteiger partial charge in [0.2, 0.25) is 0 Å². The zero-order valence-electron chi connectivity index (χ0n) is 11.4. The molecule has 4 bridgehead atoms. The van der Waals surface area contributed by atoms with Crippen molar-refractivity contribution in [3.63, 3.8) is 0 Å². The molecule has 0 saturated heterocycles. The van der Waals surface area contributed by atoms with Crippen molar-refractivity contribution in [3.05, 3.63) is 35.6 Å². The van der Waals surface area contributed by atoms with E-state index in [1.165, 1.54) is 44.1 Å².